The number of hydrogen-bond donors (Lipinski definition) is 2. The van der Waals surface area contributed by atoms with E-state index in [1.807, 2.05) is 37.3 Å². The van der Waals surface area contributed by atoms with Gasteiger partial charge in [-0.1, -0.05) is 37.3 Å². The number of amides is 1. The molecule has 4 heteroatoms. The first kappa shape index (κ1) is 13.7. The van der Waals surface area contributed by atoms with Crippen LogP contribution in [0.2, 0.25) is 0 Å². The number of hydrogen-bond acceptors (Lipinski definition) is 3. The second-order valence-electron chi connectivity index (χ2n) is 3.99. The van der Waals surface area contributed by atoms with E-state index in [0.717, 1.165) is 12.0 Å². The molecule has 0 radical (unpaired) electrons. The normalized spacial score (nSPS) is 12.1. The van der Waals surface area contributed by atoms with E-state index < -0.39 is 0 Å². The van der Waals surface area contributed by atoms with Gasteiger partial charge in [0.1, 0.15) is 0 Å². The van der Waals surface area contributed by atoms with Gasteiger partial charge in [0.05, 0.1) is 13.2 Å². The maximum atomic E-state index is 11.4. The second-order valence-corrected chi connectivity index (χ2v) is 3.99. The Balaban J connectivity index is 2.12. The third-order valence-corrected chi connectivity index (χ3v) is 2.49. The fraction of sp³-hybridized carbons (Fsp3) is 0.462. The highest BCUT2D eigenvalue weighted by Crippen LogP contribution is 1.98. The first-order valence-electron chi connectivity index (χ1n) is 5.90. The molecule has 1 unspecified atom stereocenters. The minimum absolute atomic E-state index is 0.152. The average Bonchev–Trinajstić information content (AvgIpc) is 2.37. The molecule has 1 rings (SSSR count). The molecule has 0 saturated heterocycles. The second kappa shape index (κ2) is 7.81. The van der Waals surface area contributed by atoms with Crippen molar-refractivity contribution >= 4 is 5.91 Å². The number of rotatable bonds is 7. The molecule has 1 aromatic rings. The van der Waals surface area contributed by atoms with Crippen molar-refractivity contribution in [2.75, 3.05) is 6.54 Å². The molecule has 0 aromatic heterocycles. The van der Waals surface area contributed by atoms with Gasteiger partial charge in [-0.25, -0.2) is 5.48 Å². The van der Waals surface area contributed by atoms with Crippen molar-refractivity contribution < 1.29 is 9.63 Å². The van der Waals surface area contributed by atoms with Crippen LogP contribution in [0.5, 0.6) is 0 Å². The minimum atomic E-state index is -0.152. The van der Waals surface area contributed by atoms with E-state index in [9.17, 15) is 4.79 Å². The van der Waals surface area contributed by atoms with Crippen LogP contribution in [0.3, 0.4) is 0 Å². The lowest BCUT2D eigenvalue weighted by Crippen LogP contribution is -2.37. The Labute approximate surface area is 102 Å². The van der Waals surface area contributed by atoms with Gasteiger partial charge in [-0.05, 0) is 18.9 Å². The van der Waals surface area contributed by atoms with Crippen LogP contribution in [0.1, 0.15) is 25.8 Å². The van der Waals surface area contributed by atoms with E-state index in [-0.39, 0.29) is 12.5 Å². The van der Waals surface area contributed by atoms with Crippen LogP contribution in [0.25, 0.3) is 0 Å². The lowest BCUT2D eigenvalue weighted by molar-refractivity contribution is -0.133. The SMILES string of the molecule is CCC(C)NCC(=O)NOCc1ccccc1. The maximum Gasteiger partial charge on any atom is 0.257 e. The number of benzene rings is 1. The molecule has 0 aliphatic heterocycles. The van der Waals surface area contributed by atoms with Crippen molar-refractivity contribution in [3.05, 3.63) is 35.9 Å². The van der Waals surface area contributed by atoms with Crippen LogP contribution in [0.4, 0.5) is 0 Å². The Hall–Kier alpha value is -1.39. The van der Waals surface area contributed by atoms with Crippen molar-refractivity contribution in [1.82, 2.24) is 10.8 Å². The van der Waals surface area contributed by atoms with Crippen molar-refractivity contribution in [2.45, 2.75) is 32.9 Å². The first-order valence-corrected chi connectivity index (χ1v) is 5.90. The topological polar surface area (TPSA) is 50.4 Å². The summed E-state index contributed by atoms with van der Waals surface area (Å²) in [4.78, 5) is 16.5. The summed E-state index contributed by atoms with van der Waals surface area (Å²) in [7, 11) is 0. The molecule has 0 spiro atoms. The Bertz CT molecular complexity index is 327. The Morgan fingerprint density at radius 2 is 2.06 bits per heavy atom. The highest BCUT2D eigenvalue weighted by Gasteiger charge is 2.03. The van der Waals surface area contributed by atoms with Gasteiger partial charge in [0, 0.05) is 6.04 Å². The molecular weight excluding hydrogens is 216 g/mol. The maximum absolute atomic E-state index is 11.4. The molecule has 0 bridgehead atoms. The van der Waals surface area contributed by atoms with E-state index in [4.69, 9.17) is 4.84 Å². The summed E-state index contributed by atoms with van der Waals surface area (Å²) in [6, 6.07) is 10.1. The zero-order chi connectivity index (χ0) is 12.5. The number of carbonyl (C=O) groups excluding carboxylic acids is 1. The molecule has 0 heterocycles. The summed E-state index contributed by atoms with van der Waals surface area (Å²) in [5.41, 5.74) is 3.44. The fourth-order valence-corrected chi connectivity index (χ4v) is 1.22. The van der Waals surface area contributed by atoms with Gasteiger partial charge >= 0.3 is 0 Å². The molecule has 4 nitrogen and oxygen atoms in total. The largest absolute Gasteiger partial charge is 0.306 e. The summed E-state index contributed by atoms with van der Waals surface area (Å²) < 4.78 is 0. The van der Waals surface area contributed by atoms with E-state index >= 15 is 0 Å². The Morgan fingerprint density at radius 1 is 1.35 bits per heavy atom. The van der Waals surface area contributed by atoms with Gasteiger partial charge in [0.15, 0.2) is 0 Å². The number of nitrogens with one attached hydrogen (secondary N) is 2. The van der Waals surface area contributed by atoms with Gasteiger partial charge in [0.25, 0.3) is 5.91 Å². The van der Waals surface area contributed by atoms with Crippen LogP contribution in [-0.4, -0.2) is 18.5 Å². The number of hydroxylamine groups is 1. The lowest BCUT2D eigenvalue weighted by atomic mass is 10.2. The fourth-order valence-electron chi connectivity index (χ4n) is 1.22. The molecule has 0 fully saturated rings. The Morgan fingerprint density at radius 3 is 2.71 bits per heavy atom. The molecule has 0 aliphatic rings. The van der Waals surface area contributed by atoms with E-state index in [1.54, 1.807) is 0 Å². The zero-order valence-corrected chi connectivity index (χ0v) is 10.4. The molecule has 17 heavy (non-hydrogen) atoms. The van der Waals surface area contributed by atoms with Gasteiger partial charge in [0.2, 0.25) is 0 Å². The zero-order valence-electron chi connectivity index (χ0n) is 10.4. The molecule has 1 aromatic carbocycles. The van der Waals surface area contributed by atoms with E-state index in [1.165, 1.54) is 0 Å². The summed E-state index contributed by atoms with van der Waals surface area (Å²) in [5, 5.41) is 3.09. The molecule has 94 valence electrons. The van der Waals surface area contributed by atoms with Crippen molar-refractivity contribution in [3.63, 3.8) is 0 Å². The molecular formula is C13H20N2O2. The summed E-state index contributed by atoms with van der Waals surface area (Å²) in [5.74, 6) is -0.152. The molecule has 1 amide bonds. The van der Waals surface area contributed by atoms with Crippen LogP contribution in [0, 0.1) is 0 Å². The highest BCUT2D eigenvalue weighted by atomic mass is 16.6. The van der Waals surface area contributed by atoms with Crippen molar-refractivity contribution in [1.29, 1.82) is 0 Å². The monoisotopic (exact) mass is 236 g/mol. The molecule has 2 N–H and O–H groups in total. The smallest absolute Gasteiger partial charge is 0.257 e. The van der Waals surface area contributed by atoms with Crippen LogP contribution >= 0.6 is 0 Å². The molecule has 0 saturated carbocycles. The minimum Gasteiger partial charge on any atom is -0.306 e. The quantitative estimate of drug-likeness (QED) is 0.707. The standard InChI is InChI=1S/C13H20N2O2/c1-3-11(2)14-9-13(16)15-17-10-12-7-5-4-6-8-12/h4-8,11,14H,3,9-10H2,1-2H3,(H,15,16). The predicted octanol–water partition coefficient (Wildman–Crippen LogP) is 1.62. The lowest BCUT2D eigenvalue weighted by Gasteiger charge is -2.11. The van der Waals surface area contributed by atoms with Crippen LogP contribution in [0.15, 0.2) is 30.3 Å². The van der Waals surface area contributed by atoms with Crippen molar-refractivity contribution in [3.8, 4) is 0 Å². The molecule has 0 aliphatic carbocycles. The van der Waals surface area contributed by atoms with Gasteiger partial charge in [-0.3, -0.25) is 9.63 Å². The Kier molecular flexibility index (Phi) is 6.29. The highest BCUT2D eigenvalue weighted by molar-refractivity contribution is 5.76. The average molecular weight is 236 g/mol. The first-order chi connectivity index (χ1) is 8.22. The predicted molar refractivity (Wildman–Crippen MR) is 67.1 cm³/mol. The van der Waals surface area contributed by atoms with Gasteiger partial charge < -0.3 is 5.32 Å². The van der Waals surface area contributed by atoms with Crippen LogP contribution < -0.4 is 10.8 Å². The summed E-state index contributed by atoms with van der Waals surface area (Å²) in [6.07, 6.45) is 0.998. The summed E-state index contributed by atoms with van der Waals surface area (Å²) >= 11 is 0. The van der Waals surface area contributed by atoms with Gasteiger partial charge in [-0.15, -0.1) is 0 Å². The van der Waals surface area contributed by atoms with Crippen LogP contribution in [-0.2, 0) is 16.2 Å². The van der Waals surface area contributed by atoms with Gasteiger partial charge in [-0.2, -0.15) is 0 Å². The third kappa shape index (κ3) is 6.04. The van der Waals surface area contributed by atoms with Crippen molar-refractivity contribution in [2.24, 2.45) is 0 Å². The molecule has 1 atom stereocenters. The van der Waals surface area contributed by atoms with E-state index in [0.29, 0.717) is 12.6 Å². The summed E-state index contributed by atoms with van der Waals surface area (Å²) in [6.45, 7) is 4.78. The number of carbonyl (C=O) groups is 1. The third-order valence-electron chi connectivity index (χ3n) is 2.49. The van der Waals surface area contributed by atoms with E-state index in [2.05, 4.69) is 17.7 Å².